The number of nitrogens with zero attached hydrogens (tertiary/aromatic N) is 5. The van der Waals surface area contributed by atoms with Gasteiger partial charge in [0, 0.05) is 31.8 Å². The van der Waals surface area contributed by atoms with E-state index in [4.69, 9.17) is 10.00 Å². The quantitative estimate of drug-likeness (QED) is 0.760. The van der Waals surface area contributed by atoms with E-state index in [0.29, 0.717) is 37.2 Å². The van der Waals surface area contributed by atoms with Crippen LogP contribution in [0.3, 0.4) is 0 Å². The van der Waals surface area contributed by atoms with Gasteiger partial charge in [0.1, 0.15) is 23.4 Å². The van der Waals surface area contributed by atoms with Gasteiger partial charge in [-0.05, 0) is 24.1 Å². The average Bonchev–Trinajstić information content (AvgIpc) is 3.08. The van der Waals surface area contributed by atoms with Crippen molar-refractivity contribution in [3.05, 3.63) is 39.9 Å². The number of hydrogen-bond donors (Lipinski definition) is 0. The number of nitriles is 1. The molecule has 2 amide bonds. The fourth-order valence-electron chi connectivity index (χ4n) is 3.71. The molecule has 9 heteroatoms. The van der Waals surface area contributed by atoms with E-state index >= 15 is 0 Å². The minimum atomic E-state index is -0.101. The molecule has 0 spiro atoms. The summed E-state index contributed by atoms with van der Waals surface area (Å²) in [5.41, 5.74) is 2.21. The maximum absolute atomic E-state index is 13.0. The van der Waals surface area contributed by atoms with Gasteiger partial charge in [-0.15, -0.1) is 11.3 Å². The molecule has 2 aliphatic heterocycles. The topological polar surface area (TPSA) is 89.8 Å². The molecule has 8 nitrogen and oxygen atoms in total. The van der Waals surface area contributed by atoms with Crippen LogP contribution in [0.2, 0.25) is 0 Å². The Morgan fingerprint density at radius 1 is 1.31 bits per heavy atom. The highest BCUT2D eigenvalue weighted by Crippen LogP contribution is 2.41. The zero-order valence-corrected chi connectivity index (χ0v) is 17.2. The molecule has 2 aliphatic rings. The zero-order chi connectivity index (χ0) is 20.5. The summed E-state index contributed by atoms with van der Waals surface area (Å²) in [4.78, 5) is 36.5. The second-order valence-electron chi connectivity index (χ2n) is 7.07. The number of fused-ring (bicyclic) bond motifs is 3. The van der Waals surface area contributed by atoms with Crippen LogP contribution in [0, 0.1) is 11.3 Å². The standard InChI is InChI=1S/C20H21N5O3S/c1-23-12-17(26)25(7-8-28-2)20-18(19(23)27)14-5-6-24(11-15(14)29-20)16-4-3-13(9-21)10-22-16/h3-4,10H,5-8,11-12H2,1-2H3. The normalized spacial score (nSPS) is 16.4. The summed E-state index contributed by atoms with van der Waals surface area (Å²) in [6.45, 7) is 2.24. The molecule has 0 radical (unpaired) electrons. The number of aromatic nitrogens is 1. The van der Waals surface area contributed by atoms with Gasteiger partial charge in [-0.3, -0.25) is 14.5 Å². The van der Waals surface area contributed by atoms with Crippen molar-refractivity contribution in [3.63, 3.8) is 0 Å². The molecule has 4 heterocycles. The van der Waals surface area contributed by atoms with Gasteiger partial charge in [-0.1, -0.05) is 0 Å². The molecule has 29 heavy (non-hydrogen) atoms. The lowest BCUT2D eigenvalue weighted by atomic mass is 10.0. The first kappa shape index (κ1) is 19.4. The van der Waals surface area contributed by atoms with Crippen LogP contribution in [0.4, 0.5) is 10.8 Å². The van der Waals surface area contributed by atoms with Gasteiger partial charge < -0.3 is 14.5 Å². The molecule has 0 fully saturated rings. The Kier molecular flexibility index (Phi) is 5.22. The van der Waals surface area contributed by atoms with Crippen molar-refractivity contribution in [2.45, 2.75) is 13.0 Å². The summed E-state index contributed by atoms with van der Waals surface area (Å²) < 4.78 is 5.17. The van der Waals surface area contributed by atoms with Crippen LogP contribution >= 0.6 is 11.3 Å². The zero-order valence-electron chi connectivity index (χ0n) is 16.3. The predicted molar refractivity (Wildman–Crippen MR) is 109 cm³/mol. The van der Waals surface area contributed by atoms with Crippen LogP contribution in [0.5, 0.6) is 0 Å². The fourth-order valence-corrected chi connectivity index (χ4v) is 5.10. The van der Waals surface area contributed by atoms with Gasteiger partial charge >= 0.3 is 0 Å². The molecule has 0 atom stereocenters. The lowest BCUT2D eigenvalue weighted by Gasteiger charge is -2.28. The number of amides is 2. The molecule has 4 rings (SSSR count). The van der Waals surface area contributed by atoms with Crippen molar-refractivity contribution in [2.75, 3.05) is 50.2 Å². The van der Waals surface area contributed by atoms with Gasteiger partial charge in [0.15, 0.2) is 0 Å². The number of methoxy groups -OCH3 is 1. The Hall–Kier alpha value is -2.96. The third-order valence-corrected chi connectivity index (χ3v) is 6.48. The van der Waals surface area contributed by atoms with E-state index in [2.05, 4.69) is 16.0 Å². The van der Waals surface area contributed by atoms with E-state index in [1.54, 1.807) is 31.3 Å². The van der Waals surface area contributed by atoms with Crippen LogP contribution in [-0.2, 0) is 22.5 Å². The van der Waals surface area contributed by atoms with Crippen molar-refractivity contribution in [1.29, 1.82) is 5.26 Å². The molecule has 0 N–H and O–H groups in total. The van der Waals surface area contributed by atoms with Crippen molar-refractivity contribution < 1.29 is 14.3 Å². The highest BCUT2D eigenvalue weighted by Gasteiger charge is 2.36. The molecule has 0 bridgehead atoms. The summed E-state index contributed by atoms with van der Waals surface area (Å²) in [6, 6.07) is 5.68. The number of carbonyl (C=O) groups is 2. The number of thiophene rings is 1. The first-order chi connectivity index (χ1) is 14.0. The minimum absolute atomic E-state index is 0.0695. The largest absolute Gasteiger partial charge is 0.383 e. The summed E-state index contributed by atoms with van der Waals surface area (Å²) in [7, 11) is 3.27. The Morgan fingerprint density at radius 2 is 2.14 bits per heavy atom. The van der Waals surface area contributed by atoms with Crippen molar-refractivity contribution in [3.8, 4) is 6.07 Å². The molecular formula is C20H21N5O3S. The molecular weight excluding hydrogens is 390 g/mol. The van der Waals surface area contributed by atoms with E-state index in [-0.39, 0.29) is 18.4 Å². The number of rotatable bonds is 4. The van der Waals surface area contributed by atoms with Crippen LogP contribution in [0.15, 0.2) is 18.3 Å². The van der Waals surface area contributed by atoms with Gasteiger partial charge in [-0.2, -0.15) is 5.26 Å². The number of carbonyl (C=O) groups excluding carboxylic acids is 2. The van der Waals surface area contributed by atoms with E-state index in [0.717, 1.165) is 27.8 Å². The maximum atomic E-state index is 13.0. The predicted octanol–water partition coefficient (Wildman–Crippen LogP) is 1.64. The monoisotopic (exact) mass is 411 g/mol. The number of pyridine rings is 1. The highest BCUT2D eigenvalue weighted by molar-refractivity contribution is 7.17. The first-order valence-corrected chi connectivity index (χ1v) is 10.2. The Bertz CT molecular complexity index is 995. The molecule has 0 unspecified atom stereocenters. The second kappa shape index (κ2) is 7.81. The smallest absolute Gasteiger partial charge is 0.257 e. The first-order valence-electron chi connectivity index (χ1n) is 9.34. The lowest BCUT2D eigenvalue weighted by molar-refractivity contribution is -0.119. The van der Waals surface area contributed by atoms with E-state index < -0.39 is 0 Å². The molecule has 2 aromatic rings. The van der Waals surface area contributed by atoms with Gasteiger partial charge in [-0.25, -0.2) is 4.98 Å². The molecule has 2 aromatic heterocycles. The van der Waals surface area contributed by atoms with E-state index in [1.807, 2.05) is 6.07 Å². The SMILES string of the molecule is COCCN1C(=O)CN(C)C(=O)c2c1sc1c2CCN(c2ccc(C#N)cn2)C1. The summed E-state index contributed by atoms with van der Waals surface area (Å²) in [5.74, 6) is 0.602. The third-order valence-electron chi connectivity index (χ3n) is 5.24. The lowest BCUT2D eigenvalue weighted by Crippen LogP contribution is -2.39. The average molecular weight is 411 g/mol. The van der Waals surface area contributed by atoms with Crippen LogP contribution in [0.1, 0.15) is 26.4 Å². The van der Waals surface area contributed by atoms with Gasteiger partial charge in [0.05, 0.1) is 30.8 Å². The van der Waals surface area contributed by atoms with E-state index in [9.17, 15) is 9.59 Å². The van der Waals surface area contributed by atoms with Crippen LogP contribution < -0.4 is 9.80 Å². The third kappa shape index (κ3) is 3.45. The molecule has 0 aliphatic carbocycles. The minimum Gasteiger partial charge on any atom is -0.383 e. The second-order valence-corrected chi connectivity index (χ2v) is 8.16. The molecule has 0 aromatic carbocycles. The fraction of sp³-hybridized carbons (Fsp3) is 0.400. The number of anilines is 2. The summed E-state index contributed by atoms with van der Waals surface area (Å²) in [6.07, 6.45) is 2.27. The molecule has 0 saturated carbocycles. The summed E-state index contributed by atoms with van der Waals surface area (Å²) in [5, 5.41) is 9.68. The number of likely N-dealkylation sites (N-methyl/N-ethyl adjacent to an activating group) is 1. The Labute approximate surface area is 172 Å². The van der Waals surface area contributed by atoms with Gasteiger partial charge in [0.25, 0.3) is 5.91 Å². The van der Waals surface area contributed by atoms with E-state index in [1.165, 1.54) is 16.2 Å². The number of hydrogen-bond acceptors (Lipinski definition) is 7. The van der Waals surface area contributed by atoms with Crippen molar-refractivity contribution >= 4 is 34.0 Å². The van der Waals surface area contributed by atoms with Gasteiger partial charge in [0.2, 0.25) is 5.91 Å². The van der Waals surface area contributed by atoms with Crippen molar-refractivity contribution in [1.82, 2.24) is 9.88 Å². The number of ether oxygens (including phenoxy) is 1. The van der Waals surface area contributed by atoms with Crippen molar-refractivity contribution in [2.24, 2.45) is 0 Å². The summed E-state index contributed by atoms with van der Waals surface area (Å²) >= 11 is 1.51. The Balaban J connectivity index is 1.70. The Morgan fingerprint density at radius 3 is 2.83 bits per heavy atom. The highest BCUT2D eigenvalue weighted by atomic mass is 32.1. The van der Waals surface area contributed by atoms with Crippen LogP contribution in [0.25, 0.3) is 0 Å². The maximum Gasteiger partial charge on any atom is 0.257 e. The molecule has 150 valence electrons. The molecule has 0 saturated heterocycles. The van der Waals surface area contributed by atoms with Crippen LogP contribution in [-0.4, -0.2) is 62.1 Å².